The van der Waals surface area contributed by atoms with E-state index in [0.29, 0.717) is 10.6 Å². The number of nitrogens with one attached hydrogen (secondary N) is 1. The van der Waals surface area contributed by atoms with Crippen molar-refractivity contribution >= 4 is 16.8 Å². The summed E-state index contributed by atoms with van der Waals surface area (Å²) in [5, 5.41) is 2.97. The van der Waals surface area contributed by atoms with Gasteiger partial charge in [-0.3, -0.25) is 14.2 Å². The first-order valence-electron chi connectivity index (χ1n) is 10.3. The van der Waals surface area contributed by atoms with Gasteiger partial charge in [-0.25, -0.2) is 18.1 Å². The number of amides is 1. The molecule has 1 aromatic heterocycles. The summed E-state index contributed by atoms with van der Waals surface area (Å²) < 4.78 is 29.7. The predicted molar refractivity (Wildman–Crippen MR) is 121 cm³/mol. The van der Waals surface area contributed by atoms with E-state index in [1.54, 1.807) is 25.1 Å². The monoisotopic (exact) mass is 449 g/mol. The summed E-state index contributed by atoms with van der Waals surface area (Å²) in [6.45, 7) is 3.19. The lowest BCUT2D eigenvalue weighted by molar-refractivity contribution is -0.122. The quantitative estimate of drug-likeness (QED) is 0.506. The molecular weight excluding hydrogens is 428 g/mol. The van der Waals surface area contributed by atoms with Crippen LogP contribution in [0.3, 0.4) is 0 Å². The van der Waals surface area contributed by atoms with Gasteiger partial charge in [-0.05, 0) is 43.7 Å². The molecule has 6 nitrogen and oxygen atoms in total. The third kappa shape index (κ3) is 4.32. The lowest BCUT2D eigenvalue weighted by Gasteiger charge is -2.17. The van der Waals surface area contributed by atoms with Gasteiger partial charge in [-0.15, -0.1) is 0 Å². The summed E-state index contributed by atoms with van der Waals surface area (Å²) in [6, 6.07) is 16.4. The molecule has 0 unspecified atom stereocenters. The Balaban J connectivity index is 1.83. The highest BCUT2D eigenvalue weighted by Gasteiger charge is 2.20. The van der Waals surface area contributed by atoms with E-state index >= 15 is 0 Å². The second kappa shape index (κ2) is 8.82. The molecule has 0 radical (unpaired) electrons. The summed E-state index contributed by atoms with van der Waals surface area (Å²) in [5.74, 6) is -2.36. The number of hydrogen-bond donors (Lipinski definition) is 1. The molecule has 168 valence electrons. The van der Waals surface area contributed by atoms with E-state index in [0.717, 1.165) is 27.8 Å². The first kappa shape index (κ1) is 22.1. The SMILES string of the molecule is Cc1ccc2c(c1)c(=O)n(-c1ccc(F)cc1F)c(=O)n2CC(=O)N[C@@H](C)c1ccccc1. The van der Waals surface area contributed by atoms with E-state index in [4.69, 9.17) is 0 Å². The summed E-state index contributed by atoms with van der Waals surface area (Å²) in [7, 11) is 0. The third-order valence-electron chi connectivity index (χ3n) is 5.43. The van der Waals surface area contributed by atoms with Crippen molar-refractivity contribution in [2.45, 2.75) is 26.4 Å². The van der Waals surface area contributed by atoms with Crippen LogP contribution in [0.5, 0.6) is 0 Å². The summed E-state index contributed by atoms with van der Waals surface area (Å²) in [6.07, 6.45) is 0. The largest absolute Gasteiger partial charge is 0.348 e. The maximum atomic E-state index is 14.5. The molecule has 0 aliphatic carbocycles. The van der Waals surface area contributed by atoms with E-state index in [1.807, 2.05) is 37.3 Å². The number of nitrogens with zero attached hydrogens (tertiary/aromatic N) is 2. The Bertz CT molecular complexity index is 1480. The number of hydrogen-bond acceptors (Lipinski definition) is 3. The van der Waals surface area contributed by atoms with Gasteiger partial charge in [-0.1, -0.05) is 42.0 Å². The zero-order valence-electron chi connectivity index (χ0n) is 18.0. The Hall–Kier alpha value is -4.07. The van der Waals surface area contributed by atoms with Crippen LogP contribution in [0.25, 0.3) is 16.6 Å². The van der Waals surface area contributed by atoms with E-state index < -0.39 is 35.3 Å². The fraction of sp³-hybridized carbons (Fsp3) is 0.160. The number of carbonyl (C=O) groups is 1. The number of benzene rings is 3. The lowest BCUT2D eigenvalue weighted by atomic mass is 10.1. The smallest absolute Gasteiger partial charge is 0.336 e. The van der Waals surface area contributed by atoms with Gasteiger partial charge in [0.1, 0.15) is 18.2 Å². The second-order valence-corrected chi connectivity index (χ2v) is 7.83. The number of carbonyl (C=O) groups excluding carboxylic acids is 1. The molecule has 33 heavy (non-hydrogen) atoms. The lowest BCUT2D eigenvalue weighted by Crippen LogP contribution is -2.42. The predicted octanol–water partition coefficient (Wildman–Crippen LogP) is 3.62. The van der Waals surface area contributed by atoms with E-state index in [2.05, 4.69) is 5.32 Å². The van der Waals surface area contributed by atoms with Gasteiger partial charge in [-0.2, -0.15) is 0 Å². The van der Waals surface area contributed by atoms with Crippen molar-refractivity contribution in [3.63, 3.8) is 0 Å². The van der Waals surface area contributed by atoms with Crippen LogP contribution in [0.15, 0.2) is 76.3 Å². The van der Waals surface area contributed by atoms with Gasteiger partial charge >= 0.3 is 5.69 Å². The molecule has 1 N–H and O–H groups in total. The zero-order valence-corrected chi connectivity index (χ0v) is 18.0. The number of aromatic nitrogens is 2. The Labute approximate surface area is 187 Å². The van der Waals surface area contributed by atoms with Gasteiger partial charge in [0.15, 0.2) is 0 Å². The summed E-state index contributed by atoms with van der Waals surface area (Å²) in [5.41, 5.74) is -0.156. The minimum atomic E-state index is -1.06. The molecule has 4 rings (SSSR count). The fourth-order valence-electron chi connectivity index (χ4n) is 3.77. The van der Waals surface area contributed by atoms with Crippen LogP contribution in [-0.2, 0) is 11.3 Å². The third-order valence-corrected chi connectivity index (χ3v) is 5.43. The molecular formula is C25H21F2N3O3. The molecule has 0 aliphatic heterocycles. The van der Waals surface area contributed by atoms with Crippen LogP contribution in [0, 0.1) is 18.6 Å². The van der Waals surface area contributed by atoms with Crippen LogP contribution in [0.4, 0.5) is 8.78 Å². The van der Waals surface area contributed by atoms with E-state index in [1.165, 1.54) is 0 Å². The van der Waals surface area contributed by atoms with Crippen molar-refractivity contribution in [3.8, 4) is 5.69 Å². The van der Waals surface area contributed by atoms with E-state index in [-0.39, 0.29) is 22.6 Å². The normalized spacial score (nSPS) is 12.0. The molecule has 0 saturated carbocycles. The maximum Gasteiger partial charge on any atom is 0.336 e. The average Bonchev–Trinajstić information content (AvgIpc) is 2.78. The van der Waals surface area contributed by atoms with Gasteiger partial charge in [0, 0.05) is 6.07 Å². The Morgan fingerprint density at radius 2 is 1.73 bits per heavy atom. The van der Waals surface area contributed by atoms with E-state index in [9.17, 15) is 23.2 Å². The molecule has 1 heterocycles. The van der Waals surface area contributed by atoms with Crippen LogP contribution in [0.1, 0.15) is 24.1 Å². The molecule has 0 aliphatic rings. The molecule has 0 spiro atoms. The summed E-state index contributed by atoms with van der Waals surface area (Å²) >= 11 is 0. The Kier molecular flexibility index (Phi) is 5.91. The Morgan fingerprint density at radius 1 is 1.00 bits per heavy atom. The molecule has 8 heteroatoms. The number of halogens is 2. The number of rotatable bonds is 5. The van der Waals surface area contributed by atoms with Crippen molar-refractivity contribution in [2.75, 3.05) is 0 Å². The van der Waals surface area contributed by atoms with Gasteiger partial charge in [0.05, 0.1) is 22.6 Å². The van der Waals surface area contributed by atoms with Crippen LogP contribution < -0.4 is 16.6 Å². The topological polar surface area (TPSA) is 73.1 Å². The highest BCUT2D eigenvalue weighted by atomic mass is 19.1. The van der Waals surface area contributed by atoms with Crippen molar-refractivity contribution in [1.82, 2.24) is 14.5 Å². The second-order valence-electron chi connectivity index (χ2n) is 7.83. The standard InChI is InChI=1S/C25H21F2N3O3/c1-15-8-10-21-19(12-15)24(32)30(22-11-9-18(26)13-20(22)27)25(33)29(21)14-23(31)28-16(2)17-6-4-3-5-7-17/h3-13,16H,14H2,1-2H3,(H,28,31)/t16-/m0/s1. The minimum absolute atomic E-state index is 0.141. The number of fused-ring (bicyclic) bond motifs is 1. The molecule has 3 aromatic carbocycles. The Morgan fingerprint density at radius 3 is 2.42 bits per heavy atom. The first-order chi connectivity index (χ1) is 15.8. The molecule has 0 bridgehead atoms. The maximum absolute atomic E-state index is 14.5. The highest BCUT2D eigenvalue weighted by Crippen LogP contribution is 2.16. The average molecular weight is 449 g/mol. The van der Waals surface area contributed by atoms with Crippen LogP contribution >= 0.6 is 0 Å². The van der Waals surface area contributed by atoms with Gasteiger partial charge in [0.25, 0.3) is 5.56 Å². The molecule has 0 saturated heterocycles. The summed E-state index contributed by atoms with van der Waals surface area (Å²) in [4.78, 5) is 39.3. The van der Waals surface area contributed by atoms with Gasteiger partial charge < -0.3 is 5.32 Å². The fourth-order valence-corrected chi connectivity index (χ4v) is 3.77. The van der Waals surface area contributed by atoms with Crippen molar-refractivity contribution < 1.29 is 13.6 Å². The number of aryl methyl sites for hydroxylation is 1. The van der Waals surface area contributed by atoms with Crippen molar-refractivity contribution in [2.24, 2.45) is 0 Å². The van der Waals surface area contributed by atoms with Crippen molar-refractivity contribution in [3.05, 3.63) is 110 Å². The first-order valence-corrected chi connectivity index (χ1v) is 10.3. The van der Waals surface area contributed by atoms with Gasteiger partial charge in [0.2, 0.25) is 5.91 Å². The zero-order chi connectivity index (χ0) is 23.7. The molecule has 4 aromatic rings. The minimum Gasteiger partial charge on any atom is -0.348 e. The molecule has 1 amide bonds. The van der Waals surface area contributed by atoms with Crippen LogP contribution in [0.2, 0.25) is 0 Å². The molecule has 1 atom stereocenters. The molecule has 0 fully saturated rings. The van der Waals surface area contributed by atoms with Crippen molar-refractivity contribution in [1.29, 1.82) is 0 Å². The highest BCUT2D eigenvalue weighted by molar-refractivity contribution is 5.82. The van der Waals surface area contributed by atoms with Crippen LogP contribution in [-0.4, -0.2) is 15.0 Å².